The third kappa shape index (κ3) is 4.17. The van der Waals surface area contributed by atoms with Gasteiger partial charge >= 0.3 is 6.03 Å². The number of aromatic nitrogens is 1. The predicted octanol–water partition coefficient (Wildman–Crippen LogP) is 4.28. The molecule has 2 N–H and O–H groups in total. The SMILES string of the molecule is O=C(NCc1ccc(-c2ccncc2)cc1)NCC1CCc2ccccc21. The molecule has 2 aromatic carbocycles. The molecule has 0 saturated carbocycles. The number of fused-ring (bicyclic) bond motifs is 1. The average Bonchev–Trinajstić information content (AvgIpc) is 3.15. The van der Waals surface area contributed by atoms with E-state index in [1.807, 2.05) is 24.3 Å². The maximum Gasteiger partial charge on any atom is 0.315 e. The number of urea groups is 1. The number of amides is 2. The zero-order chi connectivity index (χ0) is 18.5. The second-order valence-electron chi connectivity index (χ2n) is 6.93. The van der Waals surface area contributed by atoms with Gasteiger partial charge in [-0.3, -0.25) is 4.98 Å². The van der Waals surface area contributed by atoms with E-state index in [-0.39, 0.29) is 6.03 Å². The van der Waals surface area contributed by atoms with E-state index in [0.717, 1.165) is 29.5 Å². The van der Waals surface area contributed by atoms with Crippen molar-refractivity contribution >= 4 is 6.03 Å². The Bertz CT molecular complexity index is 906. The molecule has 4 heteroatoms. The third-order valence-corrected chi connectivity index (χ3v) is 5.19. The molecule has 2 amide bonds. The van der Waals surface area contributed by atoms with Crippen molar-refractivity contribution in [2.45, 2.75) is 25.3 Å². The Kier molecular flexibility index (Phi) is 5.15. The first-order chi connectivity index (χ1) is 13.3. The van der Waals surface area contributed by atoms with Crippen molar-refractivity contribution in [2.24, 2.45) is 0 Å². The standard InChI is InChI=1S/C23H23N3O/c27-23(26-16-21-10-9-20-3-1-2-4-22(20)21)25-15-17-5-7-18(8-6-17)19-11-13-24-14-12-19/h1-8,11-14,21H,9-10,15-16H2,(H2,25,26,27). The zero-order valence-electron chi connectivity index (χ0n) is 15.2. The lowest BCUT2D eigenvalue weighted by molar-refractivity contribution is 0.240. The average molecular weight is 357 g/mol. The fourth-order valence-electron chi connectivity index (χ4n) is 3.68. The Morgan fingerprint density at radius 2 is 1.67 bits per heavy atom. The molecule has 1 aliphatic carbocycles. The number of benzene rings is 2. The first-order valence-corrected chi connectivity index (χ1v) is 9.38. The van der Waals surface area contributed by atoms with Crippen LogP contribution >= 0.6 is 0 Å². The maximum absolute atomic E-state index is 12.1. The van der Waals surface area contributed by atoms with Crippen LogP contribution in [-0.4, -0.2) is 17.6 Å². The smallest absolute Gasteiger partial charge is 0.315 e. The van der Waals surface area contributed by atoms with Gasteiger partial charge in [0.05, 0.1) is 0 Å². The molecule has 27 heavy (non-hydrogen) atoms. The second kappa shape index (κ2) is 8.04. The van der Waals surface area contributed by atoms with Crippen LogP contribution in [0, 0.1) is 0 Å². The van der Waals surface area contributed by atoms with Gasteiger partial charge in [0.15, 0.2) is 0 Å². The monoisotopic (exact) mass is 357 g/mol. The molecule has 0 aliphatic heterocycles. The number of carbonyl (C=O) groups excluding carboxylic acids is 1. The van der Waals surface area contributed by atoms with Crippen LogP contribution < -0.4 is 10.6 Å². The van der Waals surface area contributed by atoms with Gasteiger partial charge in [-0.05, 0) is 52.8 Å². The van der Waals surface area contributed by atoms with Gasteiger partial charge < -0.3 is 10.6 Å². The van der Waals surface area contributed by atoms with Crippen molar-refractivity contribution < 1.29 is 4.79 Å². The van der Waals surface area contributed by atoms with Gasteiger partial charge in [-0.25, -0.2) is 4.79 Å². The summed E-state index contributed by atoms with van der Waals surface area (Å²) in [5.41, 5.74) is 6.15. The first kappa shape index (κ1) is 17.3. The van der Waals surface area contributed by atoms with Crippen molar-refractivity contribution in [3.8, 4) is 11.1 Å². The quantitative estimate of drug-likeness (QED) is 0.716. The van der Waals surface area contributed by atoms with Gasteiger partial charge in [0, 0.05) is 31.4 Å². The molecular weight excluding hydrogens is 334 g/mol. The van der Waals surface area contributed by atoms with Crippen LogP contribution in [0.15, 0.2) is 73.1 Å². The van der Waals surface area contributed by atoms with Crippen molar-refractivity contribution in [3.05, 3.63) is 89.7 Å². The minimum absolute atomic E-state index is 0.113. The van der Waals surface area contributed by atoms with E-state index in [2.05, 4.69) is 52.0 Å². The van der Waals surface area contributed by atoms with Gasteiger partial charge in [-0.1, -0.05) is 48.5 Å². The van der Waals surface area contributed by atoms with E-state index in [9.17, 15) is 4.79 Å². The molecule has 1 aromatic heterocycles. The summed E-state index contributed by atoms with van der Waals surface area (Å²) in [7, 11) is 0. The van der Waals surface area contributed by atoms with Crippen molar-refractivity contribution in [2.75, 3.05) is 6.54 Å². The van der Waals surface area contributed by atoms with Gasteiger partial charge in [0.1, 0.15) is 0 Å². The van der Waals surface area contributed by atoms with Gasteiger partial charge in [-0.2, -0.15) is 0 Å². The topological polar surface area (TPSA) is 54.0 Å². The summed E-state index contributed by atoms with van der Waals surface area (Å²) < 4.78 is 0. The Balaban J connectivity index is 1.26. The molecule has 0 spiro atoms. The molecule has 3 aromatic rings. The number of pyridine rings is 1. The summed E-state index contributed by atoms with van der Waals surface area (Å²) in [6.45, 7) is 1.20. The van der Waals surface area contributed by atoms with Crippen LogP contribution in [0.1, 0.15) is 29.0 Å². The Morgan fingerprint density at radius 3 is 2.48 bits per heavy atom. The Labute approximate surface area is 159 Å². The van der Waals surface area contributed by atoms with Crippen molar-refractivity contribution in [1.82, 2.24) is 15.6 Å². The van der Waals surface area contributed by atoms with Crippen LogP contribution in [0.3, 0.4) is 0 Å². The molecule has 4 rings (SSSR count). The molecule has 0 saturated heterocycles. The molecule has 0 fully saturated rings. The molecule has 1 unspecified atom stereocenters. The molecule has 1 heterocycles. The second-order valence-corrected chi connectivity index (χ2v) is 6.93. The normalized spacial score (nSPS) is 15.2. The minimum Gasteiger partial charge on any atom is -0.338 e. The molecule has 0 bridgehead atoms. The van der Waals surface area contributed by atoms with E-state index >= 15 is 0 Å². The summed E-state index contributed by atoms with van der Waals surface area (Å²) in [6, 6.07) is 20.6. The van der Waals surface area contributed by atoms with E-state index in [0.29, 0.717) is 19.0 Å². The number of carbonyl (C=O) groups is 1. The first-order valence-electron chi connectivity index (χ1n) is 9.38. The largest absolute Gasteiger partial charge is 0.338 e. The lowest BCUT2D eigenvalue weighted by atomic mass is 10.0. The summed E-state index contributed by atoms with van der Waals surface area (Å²) in [4.78, 5) is 16.2. The van der Waals surface area contributed by atoms with E-state index in [1.54, 1.807) is 12.4 Å². The fourth-order valence-corrected chi connectivity index (χ4v) is 3.68. The van der Waals surface area contributed by atoms with Crippen molar-refractivity contribution in [1.29, 1.82) is 0 Å². The highest BCUT2D eigenvalue weighted by molar-refractivity contribution is 5.74. The Morgan fingerprint density at radius 1 is 0.926 bits per heavy atom. The number of nitrogens with one attached hydrogen (secondary N) is 2. The molecular formula is C23H23N3O. The van der Waals surface area contributed by atoms with E-state index < -0.39 is 0 Å². The highest BCUT2D eigenvalue weighted by atomic mass is 16.2. The van der Waals surface area contributed by atoms with Crippen LogP contribution in [0.25, 0.3) is 11.1 Å². The van der Waals surface area contributed by atoms with Crippen LogP contribution in [-0.2, 0) is 13.0 Å². The lowest BCUT2D eigenvalue weighted by Gasteiger charge is -2.13. The van der Waals surface area contributed by atoms with Crippen LogP contribution in [0.5, 0.6) is 0 Å². The van der Waals surface area contributed by atoms with E-state index in [4.69, 9.17) is 0 Å². The molecule has 0 radical (unpaired) electrons. The fraction of sp³-hybridized carbons (Fsp3) is 0.217. The van der Waals surface area contributed by atoms with E-state index in [1.165, 1.54) is 11.1 Å². The molecule has 1 aliphatic rings. The van der Waals surface area contributed by atoms with Crippen LogP contribution in [0.4, 0.5) is 4.79 Å². The zero-order valence-corrected chi connectivity index (χ0v) is 15.2. The minimum atomic E-state index is -0.113. The number of hydrogen-bond donors (Lipinski definition) is 2. The predicted molar refractivity (Wildman–Crippen MR) is 107 cm³/mol. The molecule has 136 valence electrons. The number of nitrogens with zero attached hydrogens (tertiary/aromatic N) is 1. The highest BCUT2D eigenvalue weighted by Crippen LogP contribution is 2.32. The maximum atomic E-state index is 12.1. The summed E-state index contributed by atoms with van der Waals surface area (Å²) in [6.07, 6.45) is 5.79. The lowest BCUT2D eigenvalue weighted by Crippen LogP contribution is -2.37. The Hall–Kier alpha value is -3.14. The highest BCUT2D eigenvalue weighted by Gasteiger charge is 2.21. The molecule has 4 nitrogen and oxygen atoms in total. The number of rotatable bonds is 5. The summed E-state index contributed by atoms with van der Waals surface area (Å²) in [5.74, 6) is 0.423. The number of aryl methyl sites for hydroxylation is 1. The van der Waals surface area contributed by atoms with Gasteiger partial charge in [-0.15, -0.1) is 0 Å². The summed E-state index contributed by atoms with van der Waals surface area (Å²) >= 11 is 0. The third-order valence-electron chi connectivity index (χ3n) is 5.19. The van der Waals surface area contributed by atoms with Gasteiger partial charge in [0.25, 0.3) is 0 Å². The number of hydrogen-bond acceptors (Lipinski definition) is 2. The van der Waals surface area contributed by atoms with Crippen molar-refractivity contribution in [3.63, 3.8) is 0 Å². The van der Waals surface area contributed by atoms with Gasteiger partial charge in [0.2, 0.25) is 0 Å². The molecule has 1 atom stereocenters. The summed E-state index contributed by atoms with van der Waals surface area (Å²) in [5, 5.41) is 5.96. The van der Waals surface area contributed by atoms with Crippen LogP contribution in [0.2, 0.25) is 0 Å².